The second-order valence-corrected chi connectivity index (χ2v) is 7.97. The van der Waals surface area contributed by atoms with Crippen LogP contribution in [0.25, 0.3) is 0 Å². The van der Waals surface area contributed by atoms with E-state index in [0.29, 0.717) is 16.9 Å². The van der Waals surface area contributed by atoms with E-state index in [1.165, 1.54) is 29.2 Å². The Morgan fingerprint density at radius 3 is 2.09 bits per heavy atom. The number of benzene rings is 3. The third kappa shape index (κ3) is 6.38. The molecule has 7 nitrogen and oxygen atoms in total. The van der Waals surface area contributed by atoms with Crippen molar-refractivity contribution >= 4 is 34.9 Å². The van der Waals surface area contributed by atoms with Gasteiger partial charge in [-0.2, -0.15) is 0 Å². The number of aryl methyl sites for hydroxylation is 2. The summed E-state index contributed by atoms with van der Waals surface area (Å²) < 4.78 is 0. The molecule has 0 radical (unpaired) electrons. The normalized spacial score (nSPS) is 10.4. The number of hydrogen-bond donors (Lipinski definition) is 2. The summed E-state index contributed by atoms with van der Waals surface area (Å²) in [5, 5.41) is 11.7. The summed E-state index contributed by atoms with van der Waals surface area (Å²) in [4.78, 5) is 50.7. The molecule has 7 heteroatoms. The molecule has 0 atom stereocenters. The number of nitrogens with zero attached hydrogens (tertiary/aromatic N) is 1. The van der Waals surface area contributed by atoms with Crippen molar-refractivity contribution in [2.24, 2.45) is 0 Å². The molecule has 2 amide bonds. The highest BCUT2D eigenvalue weighted by Gasteiger charge is 2.21. The molecule has 3 aromatic carbocycles. The predicted octanol–water partition coefficient (Wildman–Crippen LogP) is 4.64. The fraction of sp³-hybridized carbons (Fsp3) is 0.185. The molecule has 0 bridgehead atoms. The van der Waals surface area contributed by atoms with E-state index in [-0.39, 0.29) is 36.6 Å². The standard InChI is InChI=1S/C27H26N2O5/c1-18-8-13-23(16-19(18)2)29(26(32)15-14-24(30)20-6-4-3-5-7-20)17-25(31)28-22-11-9-21(10-12-22)27(33)34/h3-13,16H,14-15,17H2,1-2H3,(H,28,31)(H,33,34). The minimum Gasteiger partial charge on any atom is -0.478 e. The number of ketones is 1. The second-order valence-electron chi connectivity index (χ2n) is 7.97. The zero-order chi connectivity index (χ0) is 24.7. The van der Waals surface area contributed by atoms with E-state index < -0.39 is 11.9 Å². The molecule has 3 aromatic rings. The Bertz CT molecular complexity index is 1200. The Labute approximate surface area is 198 Å². The number of rotatable bonds is 9. The molecule has 0 saturated heterocycles. The Morgan fingerprint density at radius 1 is 0.794 bits per heavy atom. The van der Waals surface area contributed by atoms with Crippen LogP contribution in [0, 0.1) is 13.8 Å². The van der Waals surface area contributed by atoms with Gasteiger partial charge in [-0.15, -0.1) is 0 Å². The Kier molecular flexibility index (Phi) is 7.92. The number of amides is 2. The van der Waals surface area contributed by atoms with E-state index in [9.17, 15) is 19.2 Å². The van der Waals surface area contributed by atoms with Crippen molar-refractivity contribution in [3.63, 3.8) is 0 Å². The van der Waals surface area contributed by atoms with Gasteiger partial charge in [0.1, 0.15) is 6.54 Å². The van der Waals surface area contributed by atoms with E-state index in [1.807, 2.05) is 32.0 Å². The number of hydrogen-bond acceptors (Lipinski definition) is 4. The van der Waals surface area contributed by atoms with Crippen molar-refractivity contribution in [2.75, 3.05) is 16.8 Å². The summed E-state index contributed by atoms with van der Waals surface area (Å²) in [6, 6.07) is 20.0. The van der Waals surface area contributed by atoms with Crippen molar-refractivity contribution < 1.29 is 24.3 Å². The lowest BCUT2D eigenvalue weighted by atomic mass is 10.1. The first-order valence-electron chi connectivity index (χ1n) is 10.8. The van der Waals surface area contributed by atoms with E-state index in [2.05, 4.69) is 5.32 Å². The highest BCUT2D eigenvalue weighted by Crippen LogP contribution is 2.21. The van der Waals surface area contributed by atoms with Crippen LogP contribution >= 0.6 is 0 Å². The summed E-state index contributed by atoms with van der Waals surface area (Å²) in [6.07, 6.45) is -0.0102. The van der Waals surface area contributed by atoms with E-state index in [1.54, 1.807) is 30.3 Å². The van der Waals surface area contributed by atoms with Gasteiger partial charge in [-0.25, -0.2) is 4.79 Å². The number of carboxylic acid groups (broad SMARTS) is 1. The predicted molar refractivity (Wildman–Crippen MR) is 130 cm³/mol. The highest BCUT2D eigenvalue weighted by atomic mass is 16.4. The molecule has 3 rings (SSSR count). The summed E-state index contributed by atoms with van der Waals surface area (Å²) >= 11 is 0. The van der Waals surface area contributed by atoms with Gasteiger partial charge in [-0.1, -0.05) is 36.4 Å². The number of carbonyl (C=O) groups excluding carboxylic acids is 3. The summed E-state index contributed by atoms with van der Waals surface area (Å²) in [5.74, 6) is -1.99. The van der Waals surface area contributed by atoms with Crippen LogP contribution in [0.3, 0.4) is 0 Å². The van der Waals surface area contributed by atoms with Gasteiger partial charge >= 0.3 is 5.97 Å². The van der Waals surface area contributed by atoms with Crippen LogP contribution in [0.15, 0.2) is 72.8 Å². The third-order valence-electron chi connectivity index (χ3n) is 5.48. The van der Waals surface area contributed by atoms with Gasteiger partial charge in [-0.3, -0.25) is 14.4 Å². The average molecular weight is 459 g/mol. The maximum Gasteiger partial charge on any atom is 0.335 e. The Hall–Kier alpha value is -4.26. The first kappa shape index (κ1) is 24.4. The molecule has 2 N–H and O–H groups in total. The van der Waals surface area contributed by atoms with Crippen molar-refractivity contribution in [1.29, 1.82) is 0 Å². The lowest BCUT2D eigenvalue weighted by Gasteiger charge is -2.23. The van der Waals surface area contributed by atoms with E-state index in [4.69, 9.17) is 5.11 Å². The van der Waals surface area contributed by atoms with Crippen molar-refractivity contribution in [3.05, 3.63) is 95.1 Å². The SMILES string of the molecule is Cc1ccc(N(CC(=O)Nc2ccc(C(=O)O)cc2)C(=O)CCC(=O)c2ccccc2)cc1C. The van der Waals surface area contributed by atoms with Gasteiger partial charge in [0.15, 0.2) is 5.78 Å². The quantitative estimate of drug-likeness (QED) is 0.455. The van der Waals surface area contributed by atoms with Crippen LogP contribution in [0.4, 0.5) is 11.4 Å². The van der Waals surface area contributed by atoms with Crippen LogP contribution in [0.1, 0.15) is 44.7 Å². The number of carbonyl (C=O) groups is 4. The van der Waals surface area contributed by atoms with Gasteiger partial charge in [-0.05, 0) is 61.4 Å². The Morgan fingerprint density at radius 2 is 1.47 bits per heavy atom. The zero-order valence-electron chi connectivity index (χ0n) is 19.1. The number of Topliss-reactive ketones (excluding diaryl/α,β-unsaturated/α-hetero) is 1. The molecular formula is C27H26N2O5. The molecule has 34 heavy (non-hydrogen) atoms. The third-order valence-corrected chi connectivity index (χ3v) is 5.48. The van der Waals surface area contributed by atoms with Gasteiger partial charge in [0.25, 0.3) is 0 Å². The van der Waals surface area contributed by atoms with Crippen molar-refractivity contribution in [1.82, 2.24) is 0 Å². The van der Waals surface area contributed by atoms with Crippen molar-refractivity contribution in [3.8, 4) is 0 Å². The second kappa shape index (κ2) is 11.0. The minimum atomic E-state index is -1.06. The lowest BCUT2D eigenvalue weighted by Crippen LogP contribution is -2.38. The maximum atomic E-state index is 13.1. The molecule has 0 unspecified atom stereocenters. The van der Waals surface area contributed by atoms with Crippen LogP contribution < -0.4 is 10.2 Å². The molecule has 0 aliphatic rings. The highest BCUT2D eigenvalue weighted by molar-refractivity contribution is 6.05. The molecule has 0 aliphatic carbocycles. The maximum absolute atomic E-state index is 13.1. The monoisotopic (exact) mass is 458 g/mol. The zero-order valence-corrected chi connectivity index (χ0v) is 19.1. The van der Waals surface area contributed by atoms with Gasteiger partial charge in [0.2, 0.25) is 11.8 Å². The van der Waals surface area contributed by atoms with Crippen molar-refractivity contribution in [2.45, 2.75) is 26.7 Å². The molecule has 0 fully saturated rings. The fourth-order valence-electron chi connectivity index (χ4n) is 3.38. The molecule has 0 aliphatic heterocycles. The van der Waals surface area contributed by atoms with E-state index >= 15 is 0 Å². The Balaban J connectivity index is 1.74. The van der Waals surface area contributed by atoms with Gasteiger partial charge in [0.05, 0.1) is 5.56 Å². The molecule has 0 saturated carbocycles. The first-order valence-corrected chi connectivity index (χ1v) is 10.8. The fourth-order valence-corrected chi connectivity index (χ4v) is 3.38. The van der Waals surface area contributed by atoms with Gasteiger partial charge < -0.3 is 15.3 Å². The van der Waals surface area contributed by atoms with Gasteiger partial charge in [0, 0.05) is 29.8 Å². The van der Waals surface area contributed by atoms with Crippen LogP contribution in [-0.4, -0.2) is 35.2 Å². The summed E-state index contributed by atoms with van der Waals surface area (Å²) in [7, 11) is 0. The molecule has 174 valence electrons. The largest absolute Gasteiger partial charge is 0.478 e. The van der Waals surface area contributed by atoms with Crippen LogP contribution in [0.2, 0.25) is 0 Å². The van der Waals surface area contributed by atoms with Crippen LogP contribution in [0.5, 0.6) is 0 Å². The average Bonchev–Trinajstić information content (AvgIpc) is 2.83. The number of nitrogens with one attached hydrogen (secondary N) is 1. The summed E-state index contributed by atoms with van der Waals surface area (Å²) in [6.45, 7) is 3.63. The molecular weight excluding hydrogens is 432 g/mol. The first-order chi connectivity index (χ1) is 16.2. The number of aromatic carboxylic acids is 1. The van der Waals surface area contributed by atoms with E-state index in [0.717, 1.165) is 11.1 Å². The lowest BCUT2D eigenvalue weighted by molar-refractivity contribution is -0.121. The topological polar surface area (TPSA) is 104 Å². The smallest absolute Gasteiger partial charge is 0.335 e. The molecule has 0 spiro atoms. The summed E-state index contributed by atoms with van der Waals surface area (Å²) in [5.41, 5.74) is 3.65. The molecule has 0 heterocycles. The molecule has 0 aromatic heterocycles. The van der Waals surface area contributed by atoms with Crippen LogP contribution in [-0.2, 0) is 9.59 Å². The number of anilines is 2. The number of carboxylic acids is 1. The minimum absolute atomic E-state index is 0.0302.